The molecule has 0 radical (unpaired) electrons. The van der Waals surface area contributed by atoms with Crippen LogP contribution in [-0.4, -0.2) is 50.5 Å². The second-order valence-corrected chi connectivity index (χ2v) is 7.42. The van der Waals surface area contributed by atoms with Gasteiger partial charge in [-0.25, -0.2) is 9.80 Å². The Kier molecular flexibility index (Phi) is 6.94. The number of rotatable bonds is 6. The van der Waals surface area contributed by atoms with Gasteiger partial charge in [-0.1, -0.05) is 28.1 Å². The van der Waals surface area contributed by atoms with Gasteiger partial charge in [-0.2, -0.15) is 5.10 Å². The SMILES string of the molecule is CNC(=O)Nc1ccc(C2=NN(C(=O)Cc3cc(OC)c(OC)cc3Br)CC2)cc1. The number of methoxy groups -OCH3 is 2. The predicted molar refractivity (Wildman–Crippen MR) is 118 cm³/mol. The number of hydrogen-bond acceptors (Lipinski definition) is 5. The lowest BCUT2D eigenvalue weighted by atomic mass is 10.1. The molecular weight excluding hydrogens is 452 g/mol. The number of amides is 3. The maximum absolute atomic E-state index is 12.8. The number of carbonyl (C=O) groups excluding carboxylic acids is 2. The Hall–Kier alpha value is -3.07. The van der Waals surface area contributed by atoms with Crippen LogP contribution in [0.25, 0.3) is 0 Å². The first-order valence-electron chi connectivity index (χ1n) is 9.32. The van der Waals surface area contributed by atoms with Crippen molar-refractivity contribution in [2.75, 3.05) is 33.1 Å². The summed E-state index contributed by atoms with van der Waals surface area (Å²) in [5.74, 6) is 1.06. The Morgan fingerprint density at radius 1 is 1.13 bits per heavy atom. The van der Waals surface area contributed by atoms with Crippen molar-refractivity contribution in [3.8, 4) is 11.5 Å². The van der Waals surface area contributed by atoms with E-state index in [-0.39, 0.29) is 18.4 Å². The summed E-state index contributed by atoms with van der Waals surface area (Å²) in [6.45, 7) is 0.525. The van der Waals surface area contributed by atoms with Crippen molar-refractivity contribution >= 4 is 39.3 Å². The molecule has 2 aromatic carbocycles. The number of halogens is 1. The molecule has 3 amide bonds. The topological polar surface area (TPSA) is 92.3 Å². The average Bonchev–Trinajstić information content (AvgIpc) is 3.25. The second-order valence-electron chi connectivity index (χ2n) is 6.57. The molecule has 9 heteroatoms. The minimum atomic E-state index is -0.279. The molecule has 8 nitrogen and oxygen atoms in total. The highest BCUT2D eigenvalue weighted by Gasteiger charge is 2.23. The molecule has 30 heavy (non-hydrogen) atoms. The zero-order valence-corrected chi connectivity index (χ0v) is 18.6. The van der Waals surface area contributed by atoms with E-state index in [2.05, 4.69) is 31.7 Å². The first-order valence-corrected chi connectivity index (χ1v) is 10.1. The molecular formula is C21H23BrN4O4. The van der Waals surface area contributed by atoms with Crippen LogP contribution in [0.5, 0.6) is 11.5 Å². The number of nitrogens with one attached hydrogen (secondary N) is 2. The van der Waals surface area contributed by atoms with Gasteiger partial charge in [0.1, 0.15) is 0 Å². The number of hydrazone groups is 1. The summed E-state index contributed by atoms with van der Waals surface area (Å²) in [6, 6.07) is 10.7. The van der Waals surface area contributed by atoms with Gasteiger partial charge in [-0.15, -0.1) is 0 Å². The molecule has 0 unspecified atom stereocenters. The lowest BCUT2D eigenvalue weighted by Gasteiger charge is -2.14. The maximum Gasteiger partial charge on any atom is 0.318 e. The van der Waals surface area contributed by atoms with Crippen LogP contribution in [0.15, 0.2) is 46.0 Å². The van der Waals surface area contributed by atoms with E-state index in [1.165, 1.54) is 5.01 Å². The number of urea groups is 1. The smallest absolute Gasteiger partial charge is 0.318 e. The third-order valence-electron chi connectivity index (χ3n) is 4.69. The molecule has 0 aliphatic carbocycles. The van der Waals surface area contributed by atoms with Crippen LogP contribution in [0, 0.1) is 0 Å². The zero-order valence-electron chi connectivity index (χ0n) is 17.0. The van der Waals surface area contributed by atoms with Gasteiger partial charge < -0.3 is 20.1 Å². The van der Waals surface area contributed by atoms with Gasteiger partial charge in [-0.3, -0.25) is 4.79 Å². The molecule has 0 saturated heterocycles. The number of carbonyl (C=O) groups is 2. The van der Waals surface area contributed by atoms with Crippen LogP contribution in [0.2, 0.25) is 0 Å². The summed E-state index contributed by atoms with van der Waals surface area (Å²) >= 11 is 3.49. The number of benzene rings is 2. The number of anilines is 1. The Bertz CT molecular complexity index is 976. The van der Waals surface area contributed by atoms with Crippen molar-refractivity contribution in [2.45, 2.75) is 12.8 Å². The third kappa shape index (κ3) is 4.91. The van der Waals surface area contributed by atoms with Gasteiger partial charge >= 0.3 is 6.03 Å². The lowest BCUT2D eigenvalue weighted by molar-refractivity contribution is -0.130. The van der Waals surface area contributed by atoms with Crippen LogP contribution in [0.3, 0.4) is 0 Å². The first-order chi connectivity index (χ1) is 14.4. The van der Waals surface area contributed by atoms with Gasteiger partial charge in [0.25, 0.3) is 0 Å². The highest BCUT2D eigenvalue weighted by atomic mass is 79.9. The van der Waals surface area contributed by atoms with Crippen molar-refractivity contribution < 1.29 is 19.1 Å². The molecule has 1 heterocycles. The Balaban J connectivity index is 1.70. The normalized spacial score (nSPS) is 12.9. The summed E-state index contributed by atoms with van der Waals surface area (Å²) in [5.41, 5.74) is 3.23. The Labute approximate surface area is 183 Å². The monoisotopic (exact) mass is 474 g/mol. The molecule has 158 valence electrons. The summed E-state index contributed by atoms with van der Waals surface area (Å²) in [6.07, 6.45) is 0.855. The molecule has 2 aromatic rings. The van der Waals surface area contributed by atoms with E-state index in [0.29, 0.717) is 30.2 Å². The largest absolute Gasteiger partial charge is 0.493 e. The Morgan fingerprint density at radius 2 is 1.80 bits per heavy atom. The van der Waals surface area contributed by atoms with E-state index in [9.17, 15) is 9.59 Å². The minimum absolute atomic E-state index is 0.101. The van der Waals surface area contributed by atoms with Crippen molar-refractivity contribution in [2.24, 2.45) is 5.10 Å². The van der Waals surface area contributed by atoms with E-state index in [0.717, 1.165) is 21.3 Å². The van der Waals surface area contributed by atoms with E-state index in [4.69, 9.17) is 9.47 Å². The van der Waals surface area contributed by atoms with Crippen LogP contribution in [0.4, 0.5) is 10.5 Å². The molecule has 0 atom stereocenters. The zero-order chi connectivity index (χ0) is 21.7. The number of nitrogens with zero attached hydrogens (tertiary/aromatic N) is 2. The average molecular weight is 475 g/mol. The van der Waals surface area contributed by atoms with Gasteiger partial charge in [0, 0.05) is 23.6 Å². The molecule has 0 bridgehead atoms. The van der Waals surface area contributed by atoms with Crippen molar-refractivity contribution in [3.05, 3.63) is 52.0 Å². The molecule has 0 fully saturated rings. The summed E-state index contributed by atoms with van der Waals surface area (Å²) in [7, 11) is 4.68. The summed E-state index contributed by atoms with van der Waals surface area (Å²) in [4.78, 5) is 24.2. The van der Waals surface area contributed by atoms with E-state index in [1.807, 2.05) is 12.1 Å². The third-order valence-corrected chi connectivity index (χ3v) is 5.43. The van der Waals surface area contributed by atoms with Crippen LogP contribution in [0.1, 0.15) is 17.5 Å². The number of hydrogen-bond donors (Lipinski definition) is 2. The van der Waals surface area contributed by atoms with Gasteiger partial charge in [0.2, 0.25) is 5.91 Å². The maximum atomic E-state index is 12.8. The predicted octanol–water partition coefficient (Wildman–Crippen LogP) is 3.40. The Morgan fingerprint density at radius 3 is 2.43 bits per heavy atom. The quantitative estimate of drug-likeness (QED) is 0.670. The highest BCUT2D eigenvalue weighted by Crippen LogP contribution is 2.33. The number of ether oxygens (including phenoxy) is 2. The highest BCUT2D eigenvalue weighted by molar-refractivity contribution is 9.10. The summed E-state index contributed by atoms with van der Waals surface area (Å²) < 4.78 is 11.4. The van der Waals surface area contributed by atoms with Crippen molar-refractivity contribution in [1.29, 1.82) is 0 Å². The van der Waals surface area contributed by atoms with Gasteiger partial charge in [0.05, 0.1) is 32.9 Å². The second kappa shape index (κ2) is 9.62. The first kappa shape index (κ1) is 21.6. The molecule has 0 saturated carbocycles. The molecule has 0 spiro atoms. The van der Waals surface area contributed by atoms with Crippen molar-refractivity contribution in [3.63, 3.8) is 0 Å². The van der Waals surface area contributed by atoms with Gasteiger partial charge in [-0.05, 0) is 35.4 Å². The van der Waals surface area contributed by atoms with Crippen LogP contribution < -0.4 is 20.1 Å². The molecule has 2 N–H and O–H groups in total. The van der Waals surface area contributed by atoms with E-state index < -0.39 is 0 Å². The van der Waals surface area contributed by atoms with Crippen molar-refractivity contribution in [1.82, 2.24) is 10.3 Å². The summed E-state index contributed by atoms with van der Waals surface area (Å²) in [5, 5.41) is 11.2. The fraction of sp³-hybridized carbons (Fsp3) is 0.286. The van der Waals surface area contributed by atoms with Crippen LogP contribution in [-0.2, 0) is 11.2 Å². The fourth-order valence-corrected chi connectivity index (χ4v) is 3.53. The lowest BCUT2D eigenvalue weighted by Crippen LogP contribution is -2.25. The van der Waals surface area contributed by atoms with E-state index >= 15 is 0 Å². The van der Waals surface area contributed by atoms with Crippen LogP contribution >= 0.6 is 15.9 Å². The molecule has 1 aliphatic heterocycles. The standard InChI is InChI=1S/C21H23BrN4O4/c1-23-21(28)24-15-6-4-13(5-7-15)17-8-9-26(25-17)20(27)11-14-10-18(29-2)19(30-3)12-16(14)22/h4-7,10,12H,8-9,11H2,1-3H3,(H2,23,24,28). The minimum Gasteiger partial charge on any atom is -0.493 e. The molecule has 3 rings (SSSR count). The van der Waals surface area contributed by atoms with Gasteiger partial charge in [0.15, 0.2) is 11.5 Å². The molecule has 1 aliphatic rings. The molecule has 0 aromatic heterocycles. The van der Waals surface area contributed by atoms with E-state index in [1.54, 1.807) is 45.5 Å². The fourth-order valence-electron chi connectivity index (χ4n) is 3.07.